The quantitative estimate of drug-likeness (QED) is 0.344. The van der Waals surface area contributed by atoms with Crippen molar-refractivity contribution in [3.8, 4) is 11.5 Å². The third kappa shape index (κ3) is 7.28. The van der Waals surface area contributed by atoms with Crippen molar-refractivity contribution in [2.24, 2.45) is 0 Å². The van der Waals surface area contributed by atoms with Gasteiger partial charge in [-0.2, -0.15) is 0 Å². The number of pyridine rings is 1. The van der Waals surface area contributed by atoms with E-state index in [1.54, 1.807) is 30.3 Å². The predicted molar refractivity (Wildman–Crippen MR) is 138 cm³/mol. The molecule has 0 aliphatic carbocycles. The number of nitrogens with zero attached hydrogens (tertiary/aromatic N) is 1. The molecule has 2 amide bonds. The van der Waals surface area contributed by atoms with Gasteiger partial charge in [0.1, 0.15) is 0 Å². The summed E-state index contributed by atoms with van der Waals surface area (Å²) in [5.41, 5.74) is 1.80. The minimum atomic E-state index is -4.28. The van der Waals surface area contributed by atoms with Gasteiger partial charge in [0.2, 0.25) is 0 Å². The molecule has 0 atom stereocenters. The number of aliphatic hydroxyl groups is 1. The summed E-state index contributed by atoms with van der Waals surface area (Å²) >= 11 is 0. The number of amides is 2. The molecule has 0 aliphatic rings. The minimum Gasteiger partial charge on any atom is -0.490 e. The molecule has 196 valence electrons. The highest BCUT2D eigenvalue weighted by Crippen LogP contribution is 2.28. The molecule has 0 bridgehead atoms. The van der Waals surface area contributed by atoms with Gasteiger partial charge in [0, 0.05) is 12.1 Å². The topological polar surface area (TPSA) is 144 Å². The lowest BCUT2D eigenvalue weighted by Gasteiger charge is -2.12. The molecule has 1 heterocycles. The van der Waals surface area contributed by atoms with Crippen molar-refractivity contribution in [1.29, 1.82) is 0 Å². The Morgan fingerprint density at radius 2 is 1.65 bits per heavy atom. The number of nitrogens with one attached hydrogen (secondary N) is 2. The summed E-state index contributed by atoms with van der Waals surface area (Å²) in [4.78, 5) is 28.6. The van der Waals surface area contributed by atoms with E-state index < -0.39 is 15.1 Å². The summed E-state index contributed by atoms with van der Waals surface area (Å²) in [6.07, 6.45) is 1.72. The summed E-state index contributed by atoms with van der Waals surface area (Å²) in [7, 11) is -4.28. The van der Waals surface area contributed by atoms with Crippen molar-refractivity contribution < 1.29 is 32.6 Å². The number of hydrogen-bond acceptors (Lipinski definition) is 8. The van der Waals surface area contributed by atoms with Gasteiger partial charge in [-0.15, -0.1) is 0 Å². The van der Waals surface area contributed by atoms with Crippen LogP contribution >= 0.6 is 0 Å². The lowest BCUT2D eigenvalue weighted by molar-refractivity contribution is 0.0953. The normalized spacial score (nSPS) is 11.0. The average molecular weight is 528 g/mol. The van der Waals surface area contributed by atoms with Crippen molar-refractivity contribution in [1.82, 2.24) is 10.3 Å². The van der Waals surface area contributed by atoms with Gasteiger partial charge in [0.15, 0.2) is 11.5 Å². The second-order valence-electron chi connectivity index (χ2n) is 7.79. The number of aromatic nitrogens is 1. The summed E-state index contributed by atoms with van der Waals surface area (Å²) in [6, 6.07) is 13.8. The molecule has 0 aliphatic heterocycles. The van der Waals surface area contributed by atoms with Crippen molar-refractivity contribution in [2.45, 2.75) is 31.8 Å². The van der Waals surface area contributed by atoms with Crippen LogP contribution in [0.15, 0.2) is 65.7 Å². The minimum absolute atomic E-state index is 0.157. The molecule has 0 fully saturated rings. The highest BCUT2D eigenvalue weighted by molar-refractivity contribution is 8.06. The highest BCUT2D eigenvalue weighted by atomic mass is 32.2. The van der Waals surface area contributed by atoms with Crippen LogP contribution < -0.4 is 20.1 Å². The van der Waals surface area contributed by atoms with Gasteiger partial charge in [-0.05, 0) is 68.3 Å². The van der Waals surface area contributed by atoms with E-state index >= 15 is 0 Å². The number of carbonyl (C=O) groups excluding carboxylic acids is 2. The van der Waals surface area contributed by atoms with Crippen molar-refractivity contribution in [2.75, 3.05) is 25.1 Å². The number of ether oxygens (including phenoxy) is 2. The Labute approximate surface area is 215 Å². The highest BCUT2D eigenvalue weighted by Gasteiger charge is 2.25. The molecule has 10 nitrogen and oxygen atoms in total. The number of rotatable bonds is 11. The molecular weight excluding hydrogens is 498 g/mol. The maximum absolute atomic E-state index is 12.6. The first-order valence-electron chi connectivity index (χ1n) is 11.7. The van der Waals surface area contributed by atoms with Gasteiger partial charge in [-0.3, -0.25) is 14.6 Å². The van der Waals surface area contributed by atoms with Gasteiger partial charge >= 0.3 is 5.24 Å². The third-order valence-corrected chi connectivity index (χ3v) is 6.70. The first-order valence-corrected chi connectivity index (χ1v) is 13.2. The largest absolute Gasteiger partial charge is 0.490 e. The molecule has 3 N–H and O–H groups in total. The number of sulfone groups is 1. The Morgan fingerprint density at radius 3 is 2.27 bits per heavy atom. The fourth-order valence-corrected chi connectivity index (χ4v) is 4.29. The fourth-order valence-electron chi connectivity index (χ4n) is 3.33. The van der Waals surface area contributed by atoms with Crippen molar-refractivity contribution >= 4 is 26.7 Å². The summed E-state index contributed by atoms with van der Waals surface area (Å²) in [5, 5.41) is 13.0. The van der Waals surface area contributed by atoms with Crippen LogP contribution in [0.3, 0.4) is 0 Å². The fraction of sp³-hybridized carbons (Fsp3) is 0.269. The molecule has 0 saturated heterocycles. The summed E-state index contributed by atoms with van der Waals surface area (Å²) < 4.78 is 36.3. The van der Waals surface area contributed by atoms with Crippen LogP contribution in [0.1, 0.15) is 35.5 Å². The van der Waals surface area contributed by atoms with Crippen molar-refractivity contribution in [3.05, 3.63) is 77.6 Å². The first-order chi connectivity index (χ1) is 17.8. The lowest BCUT2D eigenvalue weighted by Crippen LogP contribution is -2.25. The number of benzene rings is 2. The third-order valence-electron chi connectivity index (χ3n) is 5.22. The molecule has 0 spiro atoms. The van der Waals surface area contributed by atoms with Crippen LogP contribution in [-0.2, 0) is 22.9 Å². The van der Waals surface area contributed by atoms with Gasteiger partial charge in [-0.25, -0.2) is 8.42 Å². The van der Waals surface area contributed by atoms with Crippen LogP contribution in [0.2, 0.25) is 0 Å². The molecule has 0 saturated carbocycles. The molecule has 0 unspecified atom stereocenters. The number of carbonyl (C=O) groups is 2. The zero-order valence-electron chi connectivity index (χ0n) is 20.6. The number of anilines is 1. The molecule has 2 aromatic carbocycles. The van der Waals surface area contributed by atoms with Gasteiger partial charge in [0.05, 0.1) is 42.3 Å². The summed E-state index contributed by atoms with van der Waals surface area (Å²) in [6.45, 7) is 4.68. The van der Waals surface area contributed by atoms with E-state index in [1.807, 2.05) is 13.8 Å². The van der Waals surface area contributed by atoms with E-state index in [4.69, 9.17) is 14.6 Å². The maximum atomic E-state index is 12.6. The van der Waals surface area contributed by atoms with Gasteiger partial charge in [-0.1, -0.05) is 12.1 Å². The molecule has 3 aromatic rings. The second kappa shape index (κ2) is 12.8. The Balaban J connectivity index is 1.57. The van der Waals surface area contributed by atoms with E-state index in [2.05, 4.69) is 15.6 Å². The molecule has 11 heteroatoms. The average Bonchev–Trinajstić information content (AvgIpc) is 2.90. The van der Waals surface area contributed by atoms with E-state index in [9.17, 15) is 18.0 Å². The van der Waals surface area contributed by atoms with Crippen LogP contribution in [0.5, 0.6) is 11.5 Å². The maximum Gasteiger partial charge on any atom is 0.345 e. The molecule has 0 radical (unpaired) electrons. The zero-order valence-corrected chi connectivity index (χ0v) is 21.4. The predicted octanol–water partition coefficient (Wildman–Crippen LogP) is 3.35. The molecular formula is C26H29N3O7S. The number of aliphatic hydroxyl groups excluding tert-OH is 1. The molecule has 37 heavy (non-hydrogen) atoms. The van der Waals surface area contributed by atoms with Crippen LogP contribution in [-0.4, -0.2) is 49.4 Å². The smallest absolute Gasteiger partial charge is 0.345 e. The Hall–Kier alpha value is -3.96. The second-order valence-corrected chi connectivity index (χ2v) is 9.64. The lowest BCUT2D eigenvalue weighted by atomic mass is 10.1. The summed E-state index contributed by atoms with van der Waals surface area (Å²) in [5.74, 6) is 0.790. The zero-order chi connectivity index (χ0) is 26.8. The SMILES string of the molecule is CCOc1ccc(C(=O)NCCc2ccc(S(=O)(=O)C(=O)Nc3ccc(CO)nc3)cc2)cc1OCC. The Morgan fingerprint density at radius 1 is 0.946 bits per heavy atom. The molecule has 3 rings (SSSR count). The van der Waals surface area contributed by atoms with Crippen LogP contribution in [0, 0.1) is 0 Å². The van der Waals surface area contributed by atoms with Gasteiger partial charge in [0.25, 0.3) is 15.7 Å². The van der Waals surface area contributed by atoms with Crippen LogP contribution in [0.4, 0.5) is 10.5 Å². The van der Waals surface area contributed by atoms with E-state index in [0.717, 1.165) is 5.56 Å². The van der Waals surface area contributed by atoms with Crippen LogP contribution in [0.25, 0.3) is 0 Å². The van der Waals surface area contributed by atoms with E-state index in [-0.39, 0.29) is 23.1 Å². The Bertz CT molecular complexity index is 1330. The molecule has 1 aromatic heterocycles. The van der Waals surface area contributed by atoms with Crippen molar-refractivity contribution in [3.63, 3.8) is 0 Å². The van der Waals surface area contributed by atoms with E-state index in [1.165, 1.54) is 30.5 Å². The Kier molecular flexibility index (Phi) is 9.58. The van der Waals surface area contributed by atoms with Gasteiger partial charge < -0.3 is 25.2 Å². The van der Waals surface area contributed by atoms with E-state index in [0.29, 0.717) is 48.9 Å². The monoisotopic (exact) mass is 527 g/mol. The number of hydrogen-bond donors (Lipinski definition) is 3. The first kappa shape index (κ1) is 27.6. The standard InChI is InChI=1S/C26H29N3O7S/c1-3-35-23-12-7-19(15-24(23)36-4-2)25(31)27-14-13-18-5-10-22(11-6-18)37(33,34)26(32)29-20-8-9-21(17-30)28-16-20/h5-12,15-16,30H,3-4,13-14,17H2,1-2H3,(H,27,31)(H,29,32).